The van der Waals surface area contributed by atoms with Crippen molar-refractivity contribution >= 4 is 23.8 Å². The van der Waals surface area contributed by atoms with Crippen molar-refractivity contribution in [1.29, 1.82) is 0 Å². The molecule has 2 aromatic rings. The molecule has 0 bridgehead atoms. The van der Waals surface area contributed by atoms with E-state index in [1.165, 1.54) is 0 Å². The Kier molecular flexibility index (Phi) is 2.97. The zero-order chi connectivity index (χ0) is 11.5. The van der Waals surface area contributed by atoms with Crippen LogP contribution in [0.25, 0.3) is 12.2 Å². The van der Waals surface area contributed by atoms with Crippen LogP contribution in [0, 0.1) is 6.92 Å². The smallest absolute Gasteiger partial charge is 0.134 e. The van der Waals surface area contributed by atoms with Gasteiger partial charge in [-0.2, -0.15) is 5.10 Å². The van der Waals surface area contributed by atoms with Crippen molar-refractivity contribution in [2.24, 2.45) is 0 Å². The van der Waals surface area contributed by atoms with E-state index in [1.807, 2.05) is 25.1 Å². The highest BCUT2D eigenvalue weighted by Crippen LogP contribution is 2.24. The van der Waals surface area contributed by atoms with Crippen LogP contribution in [-0.4, -0.2) is 15.3 Å². The number of aromatic amines is 1. The Morgan fingerprint density at radius 2 is 2.12 bits per heavy atom. The molecule has 0 aliphatic carbocycles. The third kappa shape index (κ3) is 2.44. The highest BCUT2D eigenvalue weighted by atomic mass is 35.5. The van der Waals surface area contributed by atoms with E-state index in [0.29, 0.717) is 5.02 Å². The summed E-state index contributed by atoms with van der Waals surface area (Å²) < 4.78 is 0. The molecule has 0 fully saturated rings. The Morgan fingerprint density at radius 1 is 1.31 bits per heavy atom. The molecule has 2 N–H and O–H groups in total. The number of phenolic OH excluding ortho intramolecular Hbond substituents is 1. The van der Waals surface area contributed by atoms with Gasteiger partial charge in [0.25, 0.3) is 0 Å². The maximum absolute atomic E-state index is 9.26. The Labute approximate surface area is 98.4 Å². The van der Waals surface area contributed by atoms with Gasteiger partial charge in [0.2, 0.25) is 0 Å². The molecule has 2 rings (SSSR count). The second-order valence-corrected chi connectivity index (χ2v) is 3.93. The number of phenols is 1. The van der Waals surface area contributed by atoms with Crippen molar-refractivity contribution in [2.45, 2.75) is 6.92 Å². The summed E-state index contributed by atoms with van der Waals surface area (Å²) >= 11 is 5.79. The Hall–Kier alpha value is -1.74. The van der Waals surface area contributed by atoms with Crippen LogP contribution >= 0.6 is 11.6 Å². The molecule has 0 atom stereocenters. The van der Waals surface area contributed by atoms with Gasteiger partial charge in [-0.3, -0.25) is 5.10 Å². The van der Waals surface area contributed by atoms with Crippen molar-refractivity contribution in [2.75, 3.05) is 0 Å². The van der Waals surface area contributed by atoms with Gasteiger partial charge in [-0.05, 0) is 36.8 Å². The molecule has 16 heavy (non-hydrogen) atoms. The van der Waals surface area contributed by atoms with Gasteiger partial charge in [-0.15, -0.1) is 0 Å². The summed E-state index contributed by atoms with van der Waals surface area (Å²) in [6.07, 6.45) is 3.77. The second-order valence-electron chi connectivity index (χ2n) is 3.52. The zero-order valence-electron chi connectivity index (χ0n) is 8.74. The number of halogens is 1. The van der Waals surface area contributed by atoms with Gasteiger partial charge in [0.1, 0.15) is 5.75 Å². The number of nitrogens with zero attached hydrogens (tertiary/aromatic N) is 1. The summed E-state index contributed by atoms with van der Waals surface area (Å²) in [4.78, 5) is 0. The Morgan fingerprint density at radius 3 is 2.75 bits per heavy atom. The minimum Gasteiger partial charge on any atom is -0.506 e. The van der Waals surface area contributed by atoms with Crippen molar-refractivity contribution in [3.05, 3.63) is 46.2 Å². The van der Waals surface area contributed by atoms with E-state index in [2.05, 4.69) is 10.2 Å². The summed E-state index contributed by atoms with van der Waals surface area (Å²) in [6.45, 7) is 1.95. The van der Waals surface area contributed by atoms with Crippen LogP contribution < -0.4 is 0 Å². The van der Waals surface area contributed by atoms with E-state index >= 15 is 0 Å². The summed E-state index contributed by atoms with van der Waals surface area (Å²) in [5, 5.41) is 16.5. The fourth-order valence-corrected chi connectivity index (χ4v) is 1.52. The van der Waals surface area contributed by atoms with Crippen LogP contribution in [0.5, 0.6) is 5.75 Å². The van der Waals surface area contributed by atoms with Crippen molar-refractivity contribution in [3.8, 4) is 5.75 Å². The van der Waals surface area contributed by atoms with E-state index in [0.717, 1.165) is 17.0 Å². The molecule has 1 aromatic heterocycles. The van der Waals surface area contributed by atoms with Gasteiger partial charge in [0.05, 0.1) is 10.7 Å². The second kappa shape index (κ2) is 4.41. The average molecular weight is 235 g/mol. The number of hydrogen-bond acceptors (Lipinski definition) is 2. The fourth-order valence-electron chi connectivity index (χ4n) is 1.33. The first-order chi connectivity index (χ1) is 7.65. The minimum atomic E-state index is 0.0921. The number of aromatic hydroxyl groups is 1. The molecular formula is C12H11ClN2O. The normalized spacial score (nSPS) is 11.1. The summed E-state index contributed by atoms with van der Waals surface area (Å²) in [6, 6.07) is 7.00. The van der Waals surface area contributed by atoms with Gasteiger partial charge >= 0.3 is 0 Å². The zero-order valence-corrected chi connectivity index (χ0v) is 9.49. The Balaban J connectivity index is 2.20. The monoisotopic (exact) mass is 234 g/mol. The van der Waals surface area contributed by atoms with Crippen LogP contribution in [0.1, 0.15) is 17.0 Å². The average Bonchev–Trinajstić information content (AvgIpc) is 2.66. The van der Waals surface area contributed by atoms with E-state index in [4.69, 9.17) is 11.6 Å². The highest BCUT2D eigenvalue weighted by molar-refractivity contribution is 6.32. The standard InChI is InChI=1S/C12H11ClN2O/c1-8-6-10(15-14-8)4-2-9-3-5-12(16)11(13)7-9/h2-7,16H,1H3,(H,14,15). The number of aromatic nitrogens is 2. The number of hydrogen-bond donors (Lipinski definition) is 2. The molecule has 0 unspecified atom stereocenters. The molecule has 0 saturated heterocycles. The molecule has 3 nitrogen and oxygen atoms in total. The molecule has 4 heteroatoms. The van der Waals surface area contributed by atoms with Gasteiger partial charge in [0, 0.05) is 5.69 Å². The maximum atomic E-state index is 9.26. The van der Waals surface area contributed by atoms with Crippen LogP contribution in [0.4, 0.5) is 0 Å². The van der Waals surface area contributed by atoms with Crippen molar-refractivity contribution in [1.82, 2.24) is 10.2 Å². The first-order valence-corrected chi connectivity index (χ1v) is 5.21. The van der Waals surface area contributed by atoms with Crippen molar-refractivity contribution in [3.63, 3.8) is 0 Å². The first kappa shape index (κ1) is 10.8. The molecule has 0 spiro atoms. The van der Waals surface area contributed by atoms with E-state index in [-0.39, 0.29) is 5.75 Å². The number of benzene rings is 1. The molecule has 82 valence electrons. The lowest BCUT2D eigenvalue weighted by Crippen LogP contribution is -1.74. The lowest BCUT2D eigenvalue weighted by molar-refractivity contribution is 0.475. The third-order valence-corrected chi connectivity index (χ3v) is 2.45. The SMILES string of the molecule is Cc1cc(C=Cc2ccc(O)c(Cl)c2)n[nH]1. The highest BCUT2D eigenvalue weighted by Gasteiger charge is 1.97. The summed E-state index contributed by atoms with van der Waals surface area (Å²) in [5.74, 6) is 0.0921. The van der Waals surface area contributed by atoms with Crippen LogP contribution in [0.2, 0.25) is 5.02 Å². The van der Waals surface area contributed by atoms with Gasteiger partial charge in [0.15, 0.2) is 0 Å². The van der Waals surface area contributed by atoms with Crippen molar-refractivity contribution < 1.29 is 5.11 Å². The summed E-state index contributed by atoms with van der Waals surface area (Å²) in [7, 11) is 0. The molecule has 0 radical (unpaired) electrons. The maximum Gasteiger partial charge on any atom is 0.134 e. The molecular weight excluding hydrogens is 224 g/mol. The van der Waals surface area contributed by atoms with Crippen LogP contribution in [0.15, 0.2) is 24.3 Å². The van der Waals surface area contributed by atoms with Crippen LogP contribution in [0.3, 0.4) is 0 Å². The quantitative estimate of drug-likeness (QED) is 0.838. The molecule has 1 heterocycles. The molecule has 0 saturated carbocycles. The number of rotatable bonds is 2. The number of nitrogens with one attached hydrogen (secondary N) is 1. The van der Waals surface area contributed by atoms with Gasteiger partial charge < -0.3 is 5.11 Å². The van der Waals surface area contributed by atoms with E-state index in [1.54, 1.807) is 18.2 Å². The van der Waals surface area contributed by atoms with Gasteiger partial charge in [-0.25, -0.2) is 0 Å². The third-order valence-electron chi connectivity index (χ3n) is 2.14. The molecule has 1 aromatic carbocycles. The van der Waals surface area contributed by atoms with Gasteiger partial charge in [-0.1, -0.05) is 23.7 Å². The topological polar surface area (TPSA) is 48.9 Å². The molecule has 0 amide bonds. The van der Waals surface area contributed by atoms with E-state index < -0.39 is 0 Å². The first-order valence-electron chi connectivity index (χ1n) is 4.84. The molecule has 0 aliphatic heterocycles. The number of aryl methyl sites for hydroxylation is 1. The fraction of sp³-hybridized carbons (Fsp3) is 0.0833. The minimum absolute atomic E-state index is 0.0921. The lowest BCUT2D eigenvalue weighted by Gasteiger charge is -1.97. The molecule has 0 aliphatic rings. The predicted molar refractivity (Wildman–Crippen MR) is 65.4 cm³/mol. The van der Waals surface area contributed by atoms with E-state index in [9.17, 15) is 5.11 Å². The lowest BCUT2D eigenvalue weighted by atomic mass is 10.2. The Bertz CT molecular complexity index is 532. The number of H-pyrrole nitrogens is 1. The largest absolute Gasteiger partial charge is 0.506 e. The predicted octanol–water partition coefficient (Wildman–Crippen LogP) is 3.25. The summed E-state index contributed by atoms with van der Waals surface area (Å²) in [5.41, 5.74) is 2.80. The van der Waals surface area contributed by atoms with Crippen LogP contribution in [-0.2, 0) is 0 Å².